The van der Waals surface area contributed by atoms with Gasteiger partial charge in [-0.05, 0) is 66.4 Å². The van der Waals surface area contributed by atoms with Crippen LogP contribution in [0.1, 0.15) is 62.9 Å². The Morgan fingerprint density at radius 2 is 2.00 bits per heavy atom. The summed E-state index contributed by atoms with van der Waals surface area (Å²) >= 11 is 0. The van der Waals surface area contributed by atoms with E-state index >= 15 is 0 Å². The Balaban J connectivity index is 1.29. The van der Waals surface area contributed by atoms with Crippen molar-refractivity contribution in [3.8, 4) is 23.2 Å². The molecule has 0 unspecified atom stereocenters. The van der Waals surface area contributed by atoms with E-state index in [1.54, 1.807) is 13.3 Å². The molecule has 3 aromatic rings. The molecule has 2 aliphatic heterocycles. The number of methoxy groups -OCH3 is 1. The Morgan fingerprint density at radius 1 is 1.21 bits per heavy atom. The van der Waals surface area contributed by atoms with Crippen molar-refractivity contribution in [2.75, 3.05) is 37.4 Å². The molecule has 1 saturated carbocycles. The summed E-state index contributed by atoms with van der Waals surface area (Å²) in [5.74, 6) is 0.994. The number of nitrogens with zero attached hydrogens (tertiary/aromatic N) is 5. The second kappa shape index (κ2) is 10.9. The first kappa shape index (κ1) is 29.5. The second-order valence-electron chi connectivity index (χ2n) is 14.0. The van der Waals surface area contributed by atoms with Crippen LogP contribution in [-0.4, -0.2) is 61.0 Å². The van der Waals surface area contributed by atoms with Gasteiger partial charge in [0.1, 0.15) is 11.8 Å². The number of nitrogens with one attached hydrogen (secondary N) is 2. The molecule has 0 radical (unpaired) electrons. The number of anilines is 3. The average molecular weight is 598 g/mol. The van der Waals surface area contributed by atoms with Crippen molar-refractivity contribution in [3.05, 3.63) is 52.8 Å². The van der Waals surface area contributed by atoms with Crippen LogP contribution < -0.4 is 15.4 Å². The van der Waals surface area contributed by atoms with Crippen molar-refractivity contribution in [1.29, 1.82) is 5.26 Å². The molecular weight excluding hydrogens is 554 g/mol. The summed E-state index contributed by atoms with van der Waals surface area (Å²) in [7, 11) is -0.305. The van der Waals surface area contributed by atoms with Gasteiger partial charge in [0.15, 0.2) is 8.32 Å². The summed E-state index contributed by atoms with van der Waals surface area (Å²) in [5.41, 5.74) is 7.02. The van der Waals surface area contributed by atoms with Gasteiger partial charge in [0.05, 0.1) is 29.7 Å². The lowest BCUT2D eigenvalue weighted by molar-refractivity contribution is 0.220. The third kappa shape index (κ3) is 5.74. The molecule has 1 atom stereocenters. The quantitative estimate of drug-likeness (QED) is 0.286. The molecule has 43 heavy (non-hydrogen) atoms. The normalized spacial score (nSPS) is 20.1. The van der Waals surface area contributed by atoms with Crippen LogP contribution in [0.25, 0.3) is 11.3 Å². The summed E-state index contributed by atoms with van der Waals surface area (Å²) in [6.45, 7) is 16.8. The van der Waals surface area contributed by atoms with Crippen LogP contribution in [-0.2, 0) is 22.8 Å². The van der Waals surface area contributed by atoms with Gasteiger partial charge in [0.25, 0.3) is 0 Å². The van der Waals surface area contributed by atoms with Gasteiger partial charge in [-0.15, -0.1) is 0 Å². The van der Waals surface area contributed by atoms with Gasteiger partial charge in [-0.2, -0.15) is 5.26 Å². The number of fused-ring (bicyclic) bond motifs is 2. The number of rotatable bonds is 8. The van der Waals surface area contributed by atoms with Crippen LogP contribution >= 0.6 is 0 Å². The average Bonchev–Trinajstić information content (AvgIpc) is 3.78. The molecule has 0 bridgehead atoms. The fraction of sp³-hybridized carbons (Fsp3) is 0.515. The maximum atomic E-state index is 10.1. The highest BCUT2D eigenvalue weighted by Crippen LogP contribution is 2.44. The van der Waals surface area contributed by atoms with Crippen molar-refractivity contribution in [1.82, 2.24) is 19.9 Å². The van der Waals surface area contributed by atoms with E-state index in [9.17, 15) is 5.26 Å². The van der Waals surface area contributed by atoms with Crippen molar-refractivity contribution in [2.24, 2.45) is 0 Å². The van der Waals surface area contributed by atoms with Gasteiger partial charge in [-0.3, -0.25) is 4.90 Å². The summed E-state index contributed by atoms with van der Waals surface area (Å²) < 4.78 is 12.3. The van der Waals surface area contributed by atoms with E-state index in [2.05, 4.69) is 79.5 Å². The van der Waals surface area contributed by atoms with Crippen LogP contribution in [0.15, 0.2) is 30.5 Å². The Morgan fingerprint density at radius 3 is 2.70 bits per heavy atom. The first-order valence-electron chi connectivity index (χ1n) is 15.3. The SMILES string of the molecule is COc1nc2c(cc1Nc1nccc(-c3cc(C#N)c4c(c3)[C@@](C)(CO[Si](C)(C)C(C)(C)C)CN4)n1)CN(C1CC1)CC2. The van der Waals surface area contributed by atoms with Crippen molar-refractivity contribution in [2.45, 2.75) is 83.1 Å². The second-order valence-corrected chi connectivity index (χ2v) is 18.8. The van der Waals surface area contributed by atoms with Gasteiger partial charge >= 0.3 is 0 Å². The third-order valence-electron chi connectivity index (χ3n) is 9.74. The van der Waals surface area contributed by atoms with E-state index in [1.165, 1.54) is 18.4 Å². The predicted octanol–water partition coefficient (Wildman–Crippen LogP) is 6.39. The topological polar surface area (TPSA) is 108 Å². The summed E-state index contributed by atoms with van der Waals surface area (Å²) in [6.07, 6.45) is 5.26. The van der Waals surface area contributed by atoms with E-state index < -0.39 is 8.32 Å². The van der Waals surface area contributed by atoms with Crippen molar-refractivity contribution in [3.63, 3.8) is 0 Å². The number of aromatic nitrogens is 3. The van der Waals surface area contributed by atoms with Crippen LogP contribution in [0, 0.1) is 11.3 Å². The maximum absolute atomic E-state index is 10.1. The highest BCUT2D eigenvalue weighted by atomic mass is 28.4. The maximum Gasteiger partial charge on any atom is 0.237 e. The molecule has 2 aromatic heterocycles. The van der Waals surface area contributed by atoms with Gasteiger partial charge in [-0.1, -0.05) is 27.7 Å². The van der Waals surface area contributed by atoms with E-state index in [1.807, 2.05) is 12.1 Å². The molecule has 3 aliphatic rings. The van der Waals surface area contributed by atoms with Gasteiger partial charge in [0.2, 0.25) is 11.8 Å². The standard InChI is InChI=1S/C33H43N7O2Si/c1-32(2,3)43(6,7)42-20-33(4)19-36-29-22(17-34)14-21(15-25(29)33)26-10-12-35-31(38-26)39-28-16-23-18-40(24-8-9-24)13-11-27(23)37-30(28)41-5/h10,12,14-16,24,36H,8-9,11,13,18-20H2,1-7H3,(H,35,38,39)/t33-/m1/s1. The summed E-state index contributed by atoms with van der Waals surface area (Å²) in [4.78, 5) is 16.8. The minimum absolute atomic E-state index is 0.120. The Kier molecular flexibility index (Phi) is 7.48. The van der Waals surface area contributed by atoms with Crippen LogP contribution in [0.2, 0.25) is 18.1 Å². The third-order valence-corrected chi connectivity index (χ3v) is 14.2. The lowest BCUT2D eigenvalue weighted by Crippen LogP contribution is -2.45. The zero-order valence-electron chi connectivity index (χ0n) is 26.5. The number of pyridine rings is 1. The molecule has 226 valence electrons. The summed E-state index contributed by atoms with van der Waals surface area (Å²) in [6, 6.07) is 11.2. The lowest BCUT2D eigenvalue weighted by Gasteiger charge is -2.39. The molecule has 0 amide bonds. The van der Waals surface area contributed by atoms with Crippen molar-refractivity contribution >= 4 is 25.6 Å². The number of hydrogen-bond acceptors (Lipinski definition) is 9. The largest absolute Gasteiger partial charge is 0.480 e. The Labute approximate surface area is 256 Å². The first-order chi connectivity index (χ1) is 20.4. The van der Waals surface area contributed by atoms with E-state index in [0.717, 1.165) is 59.9 Å². The highest BCUT2D eigenvalue weighted by molar-refractivity contribution is 6.74. The smallest absolute Gasteiger partial charge is 0.237 e. The fourth-order valence-corrected chi connectivity index (χ4v) is 6.89. The first-order valence-corrected chi connectivity index (χ1v) is 18.2. The van der Waals surface area contributed by atoms with E-state index in [-0.39, 0.29) is 10.5 Å². The van der Waals surface area contributed by atoms with Crippen LogP contribution in [0.5, 0.6) is 5.88 Å². The molecule has 0 saturated heterocycles. The molecule has 1 aliphatic carbocycles. The monoisotopic (exact) mass is 597 g/mol. The molecule has 2 N–H and O–H groups in total. The minimum Gasteiger partial charge on any atom is -0.480 e. The van der Waals surface area contributed by atoms with Gasteiger partial charge < -0.3 is 19.8 Å². The number of nitriles is 1. The molecular formula is C33H43N7O2Si. The zero-order chi connectivity index (χ0) is 30.6. The molecule has 9 nitrogen and oxygen atoms in total. The predicted molar refractivity (Wildman–Crippen MR) is 172 cm³/mol. The molecule has 1 aromatic carbocycles. The Hall–Kier alpha value is -3.52. The number of hydrogen-bond donors (Lipinski definition) is 2. The fourth-order valence-electron chi connectivity index (χ4n) is 5.78. The number of ether oxygens (including phenoxy) is 1. The van der Waals surface area contributed by atoms with E-state index in [0.29, 0.717) is 30.0 Å². The van der Waals surface area contributed by atoms with Crippen LogP contribution in [0.3, 0.4) is 0 Å². The molecule has 6 rings (SSSR count). The van der Waals surface area contributed by atoms with Crippen LogP contribution in [0.4, 0.5) is 17.3 Å². The summed E-state index contributed by atoms with van der Waals surface area (Å²) in [5, 5.41) is 17.1. The highest BCUT2D eigenvalue weighted by Gasteiger charge is 2.42. The minimum atomic E-state index is -1.95. The molecule has 10 heteroatoms. The van der Waals surface area contributed by atoms with Gasteiger partial charge in [-0.25, -0.2) is 15.0 Å². The molecule has 1 fully saturated rings. The Bertz CT molecular complexity index is 1590. The van der Waals surface area contributed by atoms with Crippen molar-refractivity contribution < 1.29 is 9.16 Å². The van der Waals surface area contributed by atoms with E-state index in [4.69, 9.17) is 19.1 Å². The zero-order valence-corrected chi connectivity index (χ0v) is 27.5. The number of benzene rings is 1. The lowest BCUT2D eigenvalue weighted by atomic mass is 9.83. The van der Waals surface area contributed by atoms with Gasteiger partial charge in [0, 0.05) is 55.9 Å². The molecule has 0 spiro atoms. The molecule has 4 heterocycles.